The minimum Gasteiger partial charge on any atom is -0.366 e. The van der Waals surface area contributed by atoms with Gasteiger partial charge in [0.1, 0.15) is 18.0 Å². The Morgan fingerprint density at radius 1 is 1.50 bits per heavy atom. The molecule has 0 spiro atoms. The second kappa shape index (κ2) is 4.31. The fourth-order valence-electron chi connectivity index (χ4n) is 1.20. The molecule has 0 aliphatic carbocycles. The summed E-state index contributed by atoms with van der Waals surface area (Å²) in [4.78, 5) is 12.3. The lowest BCUT2D eigenvalue weighted by molar-refractivity contribution is 1.08. The number of rotatable bonds is 3. The molecule has 2 heterocycles. The summed E-state index contributed by atoms with van der Waals surface area (Å²) in [6, 6.07) is 3.59. The standard InChI is InChI=1S/C10H10N6/c1-16(6-11)10-4-9(13-7-14-10)15-8-2-3-12-5-8/h2-5,7,12H,1H3,(H,13,14,15). The third kappa shape index (κ3) is 2.09. The Hall–Kier alpha value is -2.55. The quantitative estimate of drug-likeness (QED) is 0.597. The molecule has 6 nitrogen and oxygen atoms in total. The Kier molecular flexibility index (Phi) is 2.69. The predicted octanol–water partition coefficient (Wildman–Crippen LogP) is 1.47. The topological polar surface area (TPSA) is 80.6 Å². The monoisotopic (exact) mass is 214 g/mol. The first-order valence-corrected chi connectivity index (χ1v) is 4.65. The third-order valence-electron chi connectivity index (χ3n) is 2.02. The average Bonchev–Trinajstić information content (AvgIpc) is 2.81. The summed E-state index contributed by atoms with van der Waals surface area (Å²) in [6.07, 6.45) is 7.02. The molecule has 2 rings (SSSR count). The van der Waals surface area contributed by atoms with E-state index in [1.807, 2.05) is 24.7 Å². The molecule has 0 aliphatic heterocycles. The fraction of sp³-hybridized carbons (Fsp3) is 0.100. The molecule has 0 saturated carbocycles. The molecule has 0 unspecified atom stereocenters. The number of nitrogens with zero attached hydrogens (tertiary/aromatic N) is 4. The molecule has 0 atom stereocenters. The summed E-state index contributed by atoms with van der Waals surface area (Å²) < 4.78 is 0. The van der Waals surface area contributed by atoms with Crippen molar-refractivity contribution in [2.24, 2.45) is 0 Å². The normalized spacial score (nSPS) is 9.50. The van der Waals surface area contributed by atoms with Gasteiger partial charge in [-0.05, 0) is 6.07 Å². The van der Waals surface area contributed by atoms with E-state index in [1.54, 1.807) is 13.1 Å². The zero-order valence-corrected chi connectivity index (χ0v) is 8.68. The minimum atomic E-state index is 0.551. The van der Waals surface area contributed by atoms with Crippen LogP contribution in [-0.4, -0.2) is 22.0 Å². The number of nitrogens with one attached hydrogen (secondary N) is 2. The van der Waals surface area contributed by atoms with Gasteiger partial charge in [-0.1, -0.05) is 0 Å². The first-order chi connectivity index (χ1) is 7.79. The molecule has 0 amide bonds. The maximum Gasteiger partial charge on any atom is 0.185 e. The smallest absolute Gasteiger partial charge is 0.185 e. The second-order valence-corrected chi connectivity index (χ2v) is 3.15. The number of hydrogen-bond acceptors (Lipinski definition) is 5. The Bertz CT molecular complexity index is 498. The van der Waals surface area contributed by atoms with Gasteiger partial charge < -0.3 is 10.3 Å². The Morgan fingerprint density at radius 3 is 3.06 bits per heavy atom. The highest BCUT2D eigenvalue weighted by Gasteiger charge is 2.03. The van der Waals surface area contributed by atoms with Crippen LogP contribution in [-0.2, 0) is 0 Å². The maximum absolute atomic E-state index is 8.73. The number of aromatic nitrogens is 3. The molecule has 16 heavy (non-hydrogen) atoms. The number of anilines is 3. The molecular weight excluding hydrogens is 204 g/mol. The Balaban J connectivity index is 2.20. The lowest BCUT2D eigenvalue weighted by Crippen LogP contribution is -2.10. The van der Waals surface area contributed by atoms with E-state index in [4.69, 9.17) is 5.26 Å². The van der Waals surface area contributed by atoms with Gasteiger partial charge >= 0.3 is 0 Å². The lowest BCUT2D eigenvalue weighted by atomic mass is 10.4. The highest BCUT2D eigenvalue weighted by Crippen LogP contribution is 2.16. The molecule has 2 aromatic heterocycles. The summed E-state index contributed by atoms with van der Waals surface area (Å²) in [5.74, 6) is 1.20. The van der Waals surface area contributed by atoms with E-state index < -0.39 is 0 Å². The van der Waals surface area contributed by atoms with Gasteiger partial charge in [0.2, 0.25) is 0 Å². The van der Waals surface area contributed by atoms with E-state index in [9.17, 15) is 0 Å². The van der Waals surface area contributed by atoms with E-state index in [0.717, 1.165) is 5.69 Å². The van der Waals surface area contributed by atoms with Crippen molar-refractivity contribution in [3.05, 3.63) is 30.9 Å². The SMILES string of the molecule is CN(C#N)c1cc(Nc2cc[nH]c2)ncn1. The first kappa shape index (κ1) is 9.98. The van der Waals surface area contributed by atoms with Gasteiger partial charge in [0.05, 0.1) is 5.69 Å². The molecule has 0 fully saturated rings. The van der Waals surface area contributed by atoms with E-state index in [-0.39, 0.29) is 0 Å². The van der Waals surface area contributed by atoms with Crippen LogP contribution in [0.2, 0.25) is 0 Å². The summed E-state index contributed by atoms with van der Waals surface area (Å²) in [6.45, 7) is 0. The van der Waals surface area contributed by atoms with E-state index >= 15 is 0 Å². The number of hydrogen-bond donors (Lipinski definition) is 2. The van der Waals surface area contributed by atoms with Crippen molar-refractivity contribution in [2.45, 2.75) is 0 Å². The highest BCUT2D eigenvalue weighted by atomic mass is 15.2. The molecule has 0 saturated heterocycles. The zero-order valence-electron chi connectivity index (χ0n) is 8.68. The van der Waals surface area contributed by atoms with Crippen LogP contribution in [0.1, 0.15) is 0 Å². The molecule has 2 aromatic rings. The first-order valence-electron chi connectivity index (χ1n) is 4.65. The van der Waals surface area contributed by atoms with Crippen LogP contribution in [0.4, 0.5) is 17.3 Å². The van der Waals surface area contributed by atoms with Gasteiger partial charge in [0, 0.05) is 25.5 Å². The van der Waals surface area contributed by atoms with E-state index in [0.29, 0.717) is 11.6 Å². The molecular formula is C10H10N6. The van der Waals surface area contributed by atoms with Crippen molar-refractivity contribution in [3.8, 4) is 6.19 Å². The van der Waals surface area contributed by atoms with Gasteiger partial charge in [-0.25, -0.2) is 9.97 Å². The molecule has 0 aromatic carbocycles. The van der Waals surface area contributed by atoms with Gasteiger partial charge in [-0.15, -0.1) is 0 Å². The van der Waals surface area contributed by atoms with Crippen LogP contribution >= 0.6 is 0 Å². The van der Waals surface area contributed by atoms with Gasteiger partial charge in [0.25, 0.3) is 0 Å². The van der Waals surface area contributed by atoms with Gasteiger partial charge in [-0.2, -0.15) is 5.26 Å². The van der Waals surface area contributed by atoms with Crippen LogP contribution in [0.3, 0.4) is 0 Å². The summed E-state index contributed by atoms with van der Waals surface area (Å²) >= 11 is 0. The Morgan fingerprint density at radius 2 is 2.38 bits per heavy atom. The maximum atomic E-state index is 8.73. The van der Waals surface area contributed by atoms with Crippen molar-refractivity contribution in [2.75, 3.05) is 17.3 Å². The van der Waals surface area contributed by atoms with Crippen LogP contribution < -0.4 is 10.2 Å². The molecule has 0 bridgehead atoms. The summed E-state index contributed by atoms with van der Waals surface area (Å²) in [7, 11) is 1.64. The Labute approximate surface area is 92.6 Å². The summed E-state index contributed by atoms with van der Waals surface area (Å²) in [5, 5.41) is 11.8. The van der Waals surface area contributed by atoms with E-state index in [2.05, 4.69) is 20.3 Å². The number of H-pyrrole nitrogens is 1. The van der Waals surface area contributed by atoms with E-state index in [1.165, 1.54) is 11.2 Å². The van der Waals surface area contributed by atoms with Crippen molar-refractivity contribution in [1.82, 2.24) is 15.0 Å². The number of aromatic amines is 1. The largest absolute Gasteiger partial charge is 0.366 e. The van der Waals surface area contributed by atoms with Crippen LogP contribution in [0.25, 0.3) is 0 Å². The zero-order chi connectivity index (χ0) is 11.4. The van der Waals surface area contributed by atoms with Crippen molar-refractivity contribution in [3.63, 3.8) is 0 Å². The van der Waals surface area contributed by atoms with Crippen molar-refractivity contribution < 1.29 is 0 Å². The van der Waals surface area contributed by atoms with Gasteiger partial charge in [-0.3, -0.25) is 4.90 Å². The van der Waals surface area contributed by atoms with Crippen LogP contribution in [0, 0.1) is 11.5 Å². The third-order valence-corrected chi connectivity index (χ3v) is 2.02. The van der Waals surface area contributed by atoms with Crippen molar-refractivity contribution in [1.29, 1.82) is 5.26 Å². The van der Waals surface area contributed by atoms with Crippen molar-refractivity contribution >= 4 is 17.3 Å². The molecule has 0 aliphatic rings. The lowest BCUT2D eigenvalue weighted by Gasteiger charge is -2.08. The number of nitriles is 1. The average molecular weight is 214 g/mol. The molecule has 6 heteroatoms. The van der Waals surface area contributed by atoms with Crippen LogP contribution in [0.5, 0.6) is 0 Å². The molecule has 2 N–H and O–H groups in total. The minimum absolute atomic E-state index is 0.551. The molecule has 80 valence electrons. The second-order valence-electron chi connectivity index (χ2n) is 3.15. The highest BCUT2D eigenvalue weighted by molar-refractivity contribution is 5.59. The van der Waals surface area contributed by atoms with Crippen LogP contribution in [0.15, 0.2) is 30.9 Å². The van der Waals surface area contributed by atoms with Gasteiger partial charge in [0.15, 0.2) is 6.19 Å². The fourth-order valence-corrected chi connectivity index (χ4v) is 1.20. The summed E-state index contributed by atoms with van der Waals surface area (Å²) in [5.41, 5.74) is 0.907. The predicted molar refractivity (Wildman–Crippen MR) is 60.1 cm³/mol. The molecule has 0 radical (unpaired) electrons.